The Morgan fingerprint density at radius 3 is 2.55 bits per heavy atom. The van der Waals surface area contributed by atoms with Crippen molar-refractivity contribution in [3.63, 3.8) is 0 Å². The fraction of sp³-hybridized carbons (Fsp3) is 0.444. The molecule has 0 spiro atoms. The Hall–Kier alpha value is -2.10. The van der Waals surface area contributed by atoms with E-state index in [1.807, 2.05) is 0 Å². The minimum Gasteiger partial charge on any atom is -0.478 e. The molecule has 5 rings (SSSR count). The largest absolute Gasteiger partial charge is 0.478 e. The fourth-order valence-corrected chi connectivity index (χ4v) is 4.86. The van der Waals surface area contributed by atoms with Gasteiger partial charge in [-0.15, -0.1) is 0 Å². The normalized spacial score (nSPS) is 34.9. The van der Waals surface area contributed by atoms with E-state index in [1.54, 1.807) is 12.1 Å². The summed E-state index contributed by atoms with van der Waals surface area (Å²) in [5.74, 6) is 0.125. The highest BCUT2D eigenvalue weighted by molar-refractivity contribution is 6.02. The molecule has 4 fully saturated rings. The highest BCUT2D eigenvalue weighted by atomic mass is 16.5. The van der Waals surface area contributed by atoms with Gasteiger partial charge in [0.25, 0.3) is 0 Å². The van der Waals surface area contributed by atoms with Gasteiger partial charge in [0.1, 0.15) is 6.10 Å². The number of carboxylic acids is 1. The van der Waals surface area contributed by atoms with Crippen molar-refractivity contribution in [2.75, 3.05) is 0 Å². The number of hydrogen-bond acceptors (Lipinski definition) is 3. The summed E-state index contributed by atoms with van der Waals surface area (Å²) in [6.45, 7) is 4.21. The van der Waals surface area contributed by atoms with Crippen LogP contribution in [0.15, 0.2) is 36.4 Å². The molecule has 4 aliphatic carbocycles. The van der Waals surface area contributed by atoms with E-state index in [0.717, 1.165) is 6.42 Å². The Morgan fingerprint density at radius 2 is 1.91 bits per heavy atom. The molecule has 1 aromatic rings. The van der Waals surface area contributed by atoms with E-state index in [0.29, 0.717) is 17.8 Å². The quantitative estimate of drug-likeness (QED) is 0.688. The van der Waals surface area contributed by atoms with Crippen molar-refractivity contribution in [3.05, 3.63) is 47.5 Å². The number of benzene rings is 1. The number of fused-ring (bicyclic) bond motifs is 1. The molecule has 4 nitrogen and oxygen atoms in total. The third-order valence-corrected chi connectivity index (χ3v) is 5.75. The van der Waals surface area contributed by atoms with Gasteiger partial charge in [-0.1, -0.05) is 24.3 Å². The lowest BCUT2D eigenvalue weighted by Gasteiger charge is -2.40. The van der Waals surface area contributed by atoms with Crippen LogP contribution < -0.4 is 0 Å². The fourth-order valence-electron chi connectivity index (χ4n) is 4.86. The first-order chi connectivity index (χ1) is 10.6. The molecule has 4 saturated carbocycles. The number of rotatable bonds is 3. The van der Waals surface area contributed by atoms with Crippen LogP contribution in [0.1, 0.15) is 40.0 Å². The highest BCUT2D eigenvalue weighted by Crippen LogP contribution is 2.62. The number of carboxylic acid groups (broad SMARTS) is 1. The molecular weight excluding hydrogens is 280 g/mol. The maximum absolute atomic E-state index is 12.5. The number of carbonyl (C=O) groups is 2. The van der Waals surface area contributed by atoms with E-state index in [1.165, 1.54) is 30.5 Å². The summed E-state index contributed by atoms with van der Waals surface area (Å²) >= 11 is 0. The Balaban J connectivity index is 1.59. The first kappa shape index (κ1) is 13.6. The number of hydrogen-bond donors (Lipinski definition) is 1. The first-order valence-electron chi connectivity index (χ1n) is 7.80. The van der Waals surface area contributed by atoms with Gasteiger partial charge in [-0.25, -0.2) is 9.59 Å². The molecule has 4 bridgehead atoms. The summed E-state index contributed by atoms with van der Waals surface area (Å²) < 4.78 is 5.76. The molecule has 1 aromatic carbocycles. The molecule has 0 saturated heterocycles. The molecule has 1 N–H and O–H groups in total. The Kier molecular flexibility index (Phi) is 2.90. The second-order valence-corrected chi connectivity index (χ2v) is 6.66. The highest BCUT2D eigenvalue weighted by Gasteiger charge is 2.59. The van der Waals surface area contributed by atoms with Gasteiger partial charge in [-0.2, -0.15) is 0 Å². The lowest BCUT2D eigenvalue weighted by Crippen LogP contribution is -2.41. The number of esters is 1. The monoisotopic (exact) mass is 298 g/mol. The van der Waals surface area contributed by atoms with Crippen LogP contribution in [0.2, 0.25) is 0 Å². The topological polar surface area (TPSA) is 63.6 Å². The lowest BCUT2D eigenvalue weighted by molar-refractivity contribution is -0.0386. The van der Waals surface area contributed by atoms with Crippen LogP contribution >= 0.6 is 0 Å². The average Bonchev–Trinajstić information content (AvgIpc) is 2.93. The summed E-state index contributed by atoms with van der Waals surface area (Å²) in [4.78, 5) is 23.7. The van der Waals surface area contributed by atoms with Crippen molar-refractivity contribution in [1.82, 2.24) is 0 Å². The molecule has 4 heteroatoms. The second-order valence-electron chi connectivity index (χ2n) is 6.66. The Morgan fingerprint density at radius 1 is 1.18 bits per heavy atom. The smallest absolute Gasteiger partial charge is 0.339 e. The molecule has 0 amide bonds. The first-order valence-corrected chi connectivity index (χ1v) is 7.80. The minimum absolute atomic E-state index is 0.000331. The molecule has 114 valence electrons. The number of ether oxygens (including phenoxy) is 1. The molecule has 4 aliphatic rings. The van der Waals surface area contributed by atoms with Crippen molar-refractivity contribution >= 4 is 11.9 Å². The van der Waals surface area contributed by atoms with Gasteiger partial charge in [-0.3, -0.25) is 0 Å². The minimum atomic E-state index is -1.11. The Labute approximate surface area is 128 Å². The van der Waals surface area contributed by atoms with Gasteiger partial charge in [0.2, 0.25) is 0 Å². The van der Waals surface area contributed by atoms with Gasteiger partial charge in [-0.05, 0) is 43.2 Å². The van der Waals surface area contributed by atoms with E-state index in [4.69, 9.17) is 4.74 Å². The van der Waals surface area contributed by atoms with Crippen molar-refractivity contribution in [3.8, 4) is 0 Å². The van der Waals surface area contributed by atoms with Crippen LogP contribution in [0.4, 0.5) is 0 Å². The molecule has 0 radical (unpaired) electrons. The standard InChI is InChI=1S/C18H18O4/c1-9-14-8-10-6-7-11(14)16(15(9)10)22-18(21)13-5-3-2-4-12(13)17(19)20/h2-5,10-11,14-16H,1,6-8H2,(H,19,20)/t10-,11+,14-,15+,16+/m0/s1. The van der Waals surface area contributed by atoms with Crippen LogP contribution in [0.3, 0.4) is 0 Å². The van der Waals surface area contributed by atoms with E-state index >= 15 is 0 Å². The lowest BCUT2D eigenvalue weighted by atomic mass is 9.69. The molecule has 22 heavy (non-hydrogen) atoms. The van der Waals surface area contributed by atoms with E-state index < -0.39 is 11.9 Å². The van der Waals surface area contributed by atoms with E-state index in [9.17, 15) is 14.7 Å². The molecule has 5 atom stereocenters. The van der Waals surface area contributed by atoms with Crippen LogP contribution in [-0.2, 0) is 4.74 Å². The molecule has 0 heterocycles. The van der Waals surface area contributed by atoms with Crippen molar-refractivity contribution in [1.29, 1.82) is 0 Å². The van der Waals surface area contributed by atoms with E-state index in [2.05, 4.69) is 6.58 Å². The Bertz CT molecular complexity index is 677. The number of carbonyl (C=O) groups excluding carboxylic acids is 1. The molecule has 0 aliphatic heterocycles. The van der Waals surface area contributed by atoms with Gasteiger partial charge in [0.15, 0.2) is 0 Å². The van der Waals surface area contributed by atoms with Crippen molar-refractivity contribution in [2.24, 2.45) is 23.7 Å². The van der Waals surface area contributed by atoms with Crippen LogP contribution in [0.5, 0.6) is 0 Å². The van der Waals surface area contributed by atoms with Gasteiger partial charge >= 0.3 is 11.9 Å². The van der Waals surface area contributed by atoms with Gasteiger partial charge in [0, 0.05) is 11.8 Å². The zero-order chi connectivity index (χ0) is 15.4. The summed E-state index contributed by atoms with van der Waals surface area (Å²) in [6, 6.07) is 6.23. The van der Waals surface area contributed by atoms with Crippen LogP contribution in [0, 0.1) is 23.7 Å². The maximum Gasteiger partial charge on any atom is 0.339 e. The van der Waals surface area contributed by atoms with E-state index in [-0.39, 0.29) is 23.1 Å². The third kappa shape index (κ3) is 1.76. The predicted octanol–water partition coefficient (Wildman–Crippen LogP) is 3.14. The van der Waals surface area contributed by atoms with Crippen molar-refractivity contribution in [2.45, 2.75) is 25.4 Å². The van der Waals surface area contributed by atoms with Gasteiger partial charge in [0.05, 0.1) is 11.1 Å². The van der Waals surface area contributed by atoms with Crippen molar-refractivity contribution < 1.29 is 19.4 Å². The third-order valence-electron chi connectivity index (χ3n) is 5.75. The van der Waals surface area contributed by atoms with Crippen LogP contribution in [-0.4, -0.2) is 23.1 Å². The predicted molar refractivity (Wildman–Crippen MR) is 79.6 cm³/mol. The average molecular weight is 298 g/mol. The zero-order valence-corrected chi connectivity index (χ0v) is 12.2. The molecular formula is C18H18O4. The number of aromatic carboxylic acids is 1. The van der Waals surface area contributed by atoms with Crippen LogP contribution in [0.25, 0.3) is 0 Å². The summed E-state index contributed by atoms with van der Waals surface area (Å²) in [7, 11) is 0. The second kappa shape index (κ2) is 4.70. The molecule has 0 unspecified atom stereocenters. The summed E-state index contributed by atoms with van der Waals surface area (Å²) in [5.41, 5.74) is 1.38. The summed E-state index contributed by atoms with van der Waals surface area (Å²) in [5, 5.41) is 9.21. The van der Waals surface area contributed by atoms with Gasteiger partial charge < -0.3 is 9.84 Å². The zero-order valence-electron chi connectivity index (χ0n) is 12.2. The maximum atomic E-state index is 12.5. The summed E-state index contributed by atoms with van der Waals surface area (Å²) in [6.07, 6.45) is 3.36. The molecule has 0 aromatic heterocycles. The SMILES string of the molecule is C=C1[C@@H]2[C@H]3CC[C@@H]([C@H]2OC(=O)c2ccccc2C(=O)O)[C@H]1C3.